The van der Waals surface area contributed by atoms with Crippen LogP contribution in [-0.2, 0) is 10.8 Å². The van der Waals surface area contributed by atoms with Crippen molar-refractivity contribution in [2.24, 2.45) is 0 Å². The summed E-state index contributed by atoms with van der Waals surface area (Å²) >= 11 is 0. The maximum Gasteiger partial charge on any atom is 0.0720 e. The standard InChI is InChI=1S/C56H34/c1-2-16-35(17-3-1)44-32-37-33-52-53(34-45(37)54-38-19-5-4-18-36(38)30-31-43(44)54)56(48-26-12-8-22-41(48)42-23-9-13-27-49(42)56)51-29-15-14-28-50(51)55(52)46-24-10-6-20-39(46)40-21-7-11-25-47(40)55/h1-34H. The van der Waals surface area contributed by atoms with Gasteiger partial charge in [-0.05, 0) is 128 Å². The van der Waals surface area contributed by atoms with Crippen molar-refractivity contribution in [3.63, 3.8) is 0 Å². The first-order valence-electron chi connectivity index (χ1n) is 19.8. The van der Waals surface area contributed by atoms with Crippen molar-refractivity contribution in [1.29, 1.82) is 0 Å². The molecule has 10 aromatic carbocycles. The van der Waals surface area contributed by atoms with Crippen LogP contribution >= 0.6 is 0 Å². The number of hydrogen-bond acceptors (Lipinski definition) is 0. The van der Waals surface area contributed by atoms with E-state index >= 15 is 0 Å². The maximum atomic E-state index is 2.63. The summed E-state index contributed by atoms with van der Waals surface area (Å²) in [7, 11) is 0. The highest BCUT2D eigenvalue weighted by molar-refractivity contribution is 6.24. The van der Waals surface area contributed by atoms with Crippen LogP contribution in [0, 0.1) is 0 Å². The summed E-state index contributed by atoms with van der Waals surface area (Å²) in [5.41, 5.74) is 17.6. The van der Waals surface area contributed by atoms with Gasteiger partial charge in [-0.1, -0.05) is 188 Å². The van der Waals surface area contributed by atoms with E-state index < -0.39 is 10.8 Å². The zero-order chi connectivity index (χ0) is 36.6. The van der Waals surface area contributed by atoms with E-state index in [-0.39, 0.29) is 0 Å². The van der Waals surface area contributed by atoms with Crippen LogP contribution in [0.15, 0.2) is 206 Å². The maximum absolute atomic E-state index is 2.63. The molecule has 0 N–H and O–H groups in total. The highest BCUT2D eigenvalue weighted by Gasteiger charge is 2.59. The van der Waals surface area contributed by atoms with E-state index in [1.165, 1.54) is 110 Å². The molecule has 0 saturated carbocycles. The molecule has 0 amide bonds. The van der Waals surface area contributed by atoms with Gasteiger partial charge in [0.25, 0.3) is 0 Å². The van der Waals surface area contributed by atoms with Crippen LogP contribution in [0.1, 0.15) is 44.5 Å². The van der Waals surface area contributed by atoms with Gasteiger partial charge in [0.1, 0.15) is 0 Å². The van der Waals surface area contributed by atoms with E-state index in [9.17, 15) is 0 Å². The molecular weight excluding hydrogens is 673 g/mol. The quantitative estimate of drug-likeness (QED) is 0.149. The lowest BCUT2D eigenvalue weighted by Gasteiger charge is -2.49. The van der Waals surface area contributed by atoms with E-state index in [1.54, 1.807) is 0 Å². The summed E-state index contributed by atoms with van der Waals surface area (Å²) in [6, 6.07) is 78.5. The molecule has 0 fully saturated rings. The molecule has 2 spiro atoms. The van der Waals surface area contributed by atoms with Gasteiger partial charge in [0.05, 0.1) is 10.8 Å². The molecule has 10 aromatic rings. The zero-order valence-corrected chi connectivity index (χ0v) is 30.6. The Morgan fingerprint density at radius 3 is 1.23 bits per heavy atom. The topological polar surface area (TPSA) is 0 Å². The fourth-order valence-electron chi connectivity index (χ4n) is 11.5. The first kappa shape index (κ1) is 30.3. The SMILES string of the molecule is c1ccc(-c2cc3cc4c(cc3c3c2ccc2ccccc23)C2(c3ccccc3-c3ccccc32)c2ccccc2C42c3ccccc3-c3ccccc32)cc1. The second-order valence-electron chi connectivity index (χ2n) is 15.8. The fourth-order valence-corrected chi connectivity index (χ4v) is 11.5. The minimum Gasteiger partial charge on any atom is -0.0622 e. The summed E-state index contributed by atoms with van der Waals surface area (Å²) in [4.78, 5) is 0. The van der Waals surface area contributed by atoms with E-state index in [0.717, 1.165) is 0 Å². The number of benzene rings is 10. The van der Waals surface area contributed by atoms with Gasteiger partial charge in [0, 0.05) is 0 Å². The van der Waals surface area contributed by atoms with E-state index in [2.05, 4.69) is 206 Å². The molecule has 0 radical (unpaired) electrons. The third kappa shape index (κ3) is 3.52. The third-order valence-corrected chi connectivity index (χ3v) is 13.5. The minimum atomic E-state index is -0.528. The number of rotatable bonds is 1. The molecule has 0 nitrogen and oxygen atoms in total. The van der Waals surface area contributed by atoms with Crippen molar-refractivity contribution in [2.75, 3.05) is 0 Å². The van der Waals surface area contributed by atoms with E-state index in [1.807, 2.05) is 0 Å². The summed E-state index contributed by atoms with van der Waals surface area (Å²) < 4.78 is 0. The summed E-state index contributed by atoms with van der Waals surface area (Å²) in [5.74, 6) is 0. The Morgan fingerprint density at radius 2 is 0.679 bits per heavy atom. The average molecular weight is 707 g/mol. The zero-order valence-electron chi connectivity index (χ0n) is 30.6. The molecule has 0 heteroatoms. The Kier molecular flexibility index (Phi) is 5.85. The van der Waals surface area contributed by atoms with Gasteiger partial charge in [0.2, 0.25) is 0 Å². The van der Waals surface area contributed by atoms with Crippen LogP contribution in [-0.4, -0.2) is 0 Å². The molecule has 0 aliphatic heterocycles. The predicted molar refractivity (Wildman–Crippen MR) is 233 cm³/mol. The van der Waals surface area contributed by atoms with Gasteiger partial charge in [-0.15, -0.1) is 0 Å². The lowest BCUT2D eigenvalue weighted by atomic mass is 9.52. The Labute approximate surface area is 326 Å². The molecule has 0 atom stereocenters. The van der Waals surface area contributed by atoms with Gasteiger partial charge in [-0.2, -0.15) is 0 Å². The van der Waals surface area contributed by atoms with Gasteiger partial charge >= 0.3 is 0 Å². The van der Waals surface area contributed by atoms with E-state index in [0.29, 0.717) is 0 Å². The lowest BCUT2D eigenvalue weighted by Crippen LogP contribution is -2.43. The van der Waals surface area contributed by atoms with Gasteiger partial charge < -0.3 is 0 Å². The molecule has 0 bridgehead atoms. The van der Waals surface area contributed by atoms with Crippen molar-refractivity contribution in [3.8, 4) is 33.4 Å². The monoisotopic (exact) mass is 706 g/mol. The molecule has 56 heavy (non-hydrogen) atoms. The van der Waals surface area contributed by atoms with Crippen LogP contribution in [0.25, 0.3) is 65.7 Å². The molecule has 3 aliphatic rings. The van der Waals surface area contributed by atoms with E-state index in [4.69, 9.17) is 0 Å². The molecule has 3 aliphatic carbocycles. The normalized spacial score (nSPS) is 14.7. The Balaban J connectivity index is 1.31. The van der Waals surface area contributed by atoms with Crippen LogP contribution in [0.4, 0.5) is 0 Å². The summed E-state index contributed by atoms with van der Waals surface area (Å²) in [5, 5.41) is 7.71. The second-order valence-corrected chi connectivity index (χ2v) is 15.8. The average Bonchev–Trinajstić information content (AvgIpc) is 3.74. The number of hydrogen-bond donors (Lipinski definition) is 0. The van der Waals surface area contributed by atoms with Crippen LogP contribution in [0.5, 0.6) is 0 Å². The van der Waals surface area contributed by atoms with Gasteiger partial charge in [0.15, 0.2) is 0 Å². The lowest BCUT2D eigenvalue weighted by molar-refractivity contribution is 0.634. The number of fused-ring (bicyclic) bond motifs is 21. The summed E-state index contributed by atoms with van der Waals surface area (Å²) in [6.07, 6.45) is 0. The minimum absolute atomic E-state index is 0.522. The van der Waals surface area contributed by atoms with Crippen molar-refractivity contribution in [2.45, 2.75) is 10.8 Å². The highest BCUT2D eigenvalue weighted by Crippen LogP contribution is 2.68. The Morgan fingerprint density at radius 1 is 0.232 bits per heavy atom. The van der Waals surface area contributed by atoms with Crippen molar-refractivity contribution < 1.29 is 0 Å². The highest BCUT2D eigenvalue weighted by atomic mass is 14.6. The molecular formula is C56H34. The van der Waals surface area contributed by atoms with Crippen molar-refractivity contribution in [1.82, 2.24) is 0 Å². The van der Waals surface area contributed by atoms with Crippen LogP contribution in [0.2, 0.25) is 0 Å². The molecule has 0 heterocycles. The van der Waals surface area contributed by atoms with Crippen LogP contribution < -0.4 is 0 Å². The second kappa shape index (κ2) is 10.8. The van der Waals surface area contributed by atoms with Gasteiger partial charge in [-0.25, -0.2) is 0 Å². The smallest absolute Gasteiger partial charge is 0.0622 e. The molecule has 0 saturated heterocycles. The first-order chi connectivity index (χ1) is 27.8. The first-order valence-corrected chi connectivity index (χ1v) is 19.8. The van der Waals surface area contributed by atoms with Crippen molar-refractivity contribution >= 4 is 32.3 Å². The third-order valence-electron chi connectivity index (χ3n) is 13.5. The Hall–Kier alpha value is -7.02. The largest absolute Gasteiger partial charge is 0.0720 e. The van der Waals surface area contributed by atoms with Crippen LogP contribution in [0.3, 0.4) is 0 Å². The molecule has 0 unspecified atom stereocenters. The summed E-state index contributed by atoms with van der Waals surface area (Å²) in [6.45, 7) is 0. The molecule has 0 aromatic heterocycles. The Bertz CT molecular complexity index is 3220. The predicted octanol–water partition coefficient (Wildman–Crippen LogP) is 13.9. The molecule has 258 valence electrons. The fraction of sp³-hybridized carbons (Fsp3) is 0.0357. The molecule has 13 rings (SSSR count). The van der Waals surface area contributed by atoms with Crippen molar-refractivity contribution in [3.05, 3.63) is 251 Å². The van der Waals surface area contributed by atoms with Gasteiger partial charge in [-0.3, -0.25) is 0 Å².